The van der Waals surface area contributed by atoms with E-state index in [0.29, 0.717) is 6.54 Å². The highest BCUT2D eigenvalue weighted by atomic mass is 32.1. The molecule has 0 bridgehead atoms. The summed E-state index contributed by atoms with van der Waals surface area (Å²) in [6.45, 7) is 14.7. The fourth-order valence-corrected chi connectivity index (χ4v) is 9.63. The molecule has 1 N–H and O–H groups in total. The van der Waals surface area contributed by atoms with Crippen LogP contribution < -0.4 is 20.0 Å². The van der Waals surface area contributed by atoms with E-state index in [-0.39, 0.29) is 6.03 Å². The molecule has 3 aromatic heterocycles. The number of hydrogen-bond donors (Lipinski definition) is 1. The Labute approximate surface area is 364 Å². The number of carbonyl (C=O) groups is 1. The van der Waals surface area contributed by atoms with E-state index in [1.165, 1.54) is 38.2 Å². The Morgan fingerprint density at radius 3 is 1.74 bits per heavy atom. The molecule has 2 aliphatic heterocycles. The van der Waals surface area contributed by atoms with Crippen LogP contribution in [0.4, 0.5) is 27.5 Å². The summed E-state index contributed by atoms with van der Waals surface area (Å²) in [6.07, 6.45) is 2.67. The van der Waals surface area contributed by atoms with Gasteiger partial charge in [-0.3, -0.25) is 24.7 Å². The summed E-state index contributed by atoms with van der Waals surface area (Å²) in [4.78, 5) is 37.0. The predicted molar refractivity (Wildman–Crippen MR) is 255 cm³/mol. The van der Waals surface area contributed by atoms with Gasteiger partial charge in [-0.1, -0.05) is 42.5 Å². The van der Waals surface area contributed by atoms with Crippen LogP contribution in [0.2, 0.25) is 0 Å². The molecular weight excluding hydrogens is 773 g/mol. The van der Waals surface area contributed by atoms with Gasteiger partial charge in [0.2, 0.25) is 0 Å². The molecule has 312 valence electrons. The lowest BCUT2D eigenvalue weighted by Gasteiger charge is -2.36. The number of nitrogens with one attached hydrogen (secondary N) is 1. The summed E-state index contributed by atoms with van der Waals surface area (Å²) in [7, 11) is 0. The minimum Gasteiger partial charge on any atom is -0.368 e. The second-order valence-electron chi connectivity index (χ2n) is 16.5. The summed E-state index contributed by atoms with van der Waals surface area (Å²) in [5.41, 5.74) is 11.0. The number of pyridine rings is 2. The number of thiophene rings is 1. The number of benzene rings is 4. The zero-order valence-corrected chi connectivity index (χ0v) is 36.3. The molecule has 0 unspecified atom stereocenters. The zero-order valence-electron chi connectivity index (χ0n) is 35.5. The SMILES string of the molecule is Cc1ccc2c(N3CCN(CCc4cccc(NC(=O)N(CCc5cccs5)c5cccc(CCN6CCN(c7cccc8nc(C)ccc78)CC6)c5)c4)CC3)cccc2n1. The zero-order chi connectivity index (χ0) is 41.5. The largest absolute Gasteiger partial charge is 0.368 e. The smallest absolute Gasteiger partial charge is 0.326 e. The van der Waals surface area contributed by atoms with E-state index in [4.69, 9.17) is 9.97 Å². The van der Waals surface area contributed by atoms with Gasteiger partial charge in [0.15, 0.2) is 0 Å². The van der Waals surface area contributed by atoms with E-state index < -0.39 is 0 Å². The van der Waals surface area contributed by atoms with Crippen molar-refractivity contribution in [2.75, 3.05) is 92.0 Å². The van der Waals surface area contributed by atoms with E-state index in [0.717, 1.165) is 119 Å². The maximum absolute atomic E-state index is 14.2. The second-order valence-corrected chi connectivity index (χ2v) is 17.6. The second kappa shape index (κ2) is 18.8. The third kappa shape index (κ3) is 9.89. The fraction of sp³-hybridized carbons (Fsp3) is 0.314. The van der Waals surface area contributed by atoms with Crippen LogP contribution in [-0.2, 0) is 19.3 Å². The molecule has 0 aliphatic carbocycles. The van der Waals surface area contributed by atoms with Gasteiger partial charge >= 0.3 is 6.03 Å². The first-order valence-electron chi connectivity index (χ1n) is 21.9. The molecule has 0 radical (unpaired) electrons. The van der Waals surface area contributed by atoms with Crippen LogP contribution in [0.3, 0.4) is 0 Å². The van der Waals surface area contributed by atoms with Crippen LogP contribution in [-0.4, -0.2) is 97.8 Å². The molecule has 0 atom stereocenters. The third-order valence-electron chi connectivity index (χ3n) is 12.4. The third-order valence-corrected chi connectivity index (χ3v) is 13.3. The predicted octanol–water partition coefficient (Wildman–Crippen LogP) is 9.47. The van der Waals surface area contributed by atoms with E-state index in [1.54, 1.807) is 11.3 Å². The Morgan fingerprint density at radius 2 is 1.16 bits per heavy atom. The van der Waals surface area contributed by atoms with Crippen molar-refractivity contribution in [3.05, 3.63) is 154 Å². The number of rotatable bonds is 13. The lowest BCUT2D eigenvalue weighted by molar-refractivity contribution is 0.257. The Hall–Kier alpha value is -5.81. The molecule has 7 aromatic rings. The monoisotopic (exact) mass is 828 g/mol. The van der Waals surface area contributed by atoms with Crippen LogP contribution in [0.5, 0.6) is 0 Å². The lowest BCUT2D eigenvalue weighted by Crippen LogP contribution is -2.47. The highest BCUT2D eigenvalue weighted by Crippen LogP contribution is 2.29. The number of carbonyl (C=O) groups excluding carboxylic acids is 1. The summed E-state index contributed by atoms with van der Waals surface area (Å²) < 4.78 is 0. The molecule has 2 saturated heterocycles. The first kappa shape index (κ1) is 40.6. The highest BCUT2D eigenvalue weighted by molar-refractivity contribution is 7.09. The van der Waals surface area contributed by atoms with E-state index >= 15 is 0 Å². The Bertz CT molecular complexity index is 2580. The van der Waals surface area contributed by atoms with Gasteiger partial charge in [0.25, 0.3) is 0 Å². The summed E-state index contributed by atoms with van der Waals surface area (Å²) in [6, 6.07) is 42.7. The maximum Gasteiger partial charge on any atom is 0.326 e. The number of aromatic nitrogens is 2. The summed E-state index contributed by atoms with van der Waals surface area (Å²) in [5.74, 6) is 0. The first-order valence-corrected chi connectivity index (χ1v) is 22.8. The first-order chi connectivity index (χ1) is 29.9. The van der Waals surface area contributed by atoms with E-state index in [9.17, 15) is 4.79 Å². The van der Waals surface area contributed by atoms with Crippen molar-refractivity contribution in [3.8, 4) is 0 Å². The van der Waals surface area contributed by atoms with Gasteiger partial charge in [-0.2, -0.15) is 0 Å². The average Bonchev–Trinajstić information content (AvgIpc) is 3.82. The number of aryl methyl sites for hydroxylation is 2. The number of amides is 2. The topological polar surface area (TPSA) is 71.1 Å². The number of hydrogen-bond acceptors (Lipinski definition) is 8. The average molecular weight is 829 g/mol. The van der Waals surface area contributed by atoms with Crippen LogP contribution in [0.25, 0.3) is 21.8 Å². The van der Waals surface area contributed by atoms with Gasteiger partial charge in [0.05, 0.1) is 11.0 Å². The molecule has 2 amide bonds. The van der Waals surface area contributed by atoms with Crippen LogP contribution in [0.15, 0.2) is 127 Å². The van der Waals surface area contributed by atoms with Crippen molar-refractivity contribution < 1.29 is 4.79 Å². The van der Waals surface area contributed by atoms with Gasteiger partial charge in [-0.25, -0.2) is 4.79 Å². The van der Waals surface area contributed by atoms with Crippen molar-refractivity contribution in [1.29, 1.82) is 0 Å². The molecule has 9 rings (SSSR count). The molecule has 61 heavy (non-hydrogen) atoms. The van der Waals surface area contributed by atoms with Crippen molar-refractivity contribution >= 4 is 61.9 Å². The molecule has 2 aliphatic rings. The van der Waals surface area contributed by atoms with E-state index in [1.807, 2.05) is 17.9 Å². The van der Waals surface area contributed by atoms with Crippen LogP contribution >= 0.6 is 11.3 Å². The van der Waals surface area contributed by atoms with Crippen molar-refractivity contribution in [2.45, 2.75) is 33.1 Å². The van der Waals surface area contributed by atoms with Crippen molar-refractivity contribution in [2.24, 2.45) is 0 Å². The molecule has 0 saturated carbocycles. The Balaban J connectivity index is 0.798. The number of fused-ring (bicyclic) bond motifs is 2. The summed E-state index contributed by atoms with van der Waals surface area (Å²) >= 11 is 1.74. The molecule has 5 heterocycles. The summed E-state index contributed by atoms with van der Waals surface area (Å²) in [5, 5.41) is 7.83. The van der Waals surface area contributed by atoms with Crippen LogP contribution in [0.1, 0.15) is 27.4 Å². The van der Waals surface area contributed by atoms with E-state index in [2.05, 4.69) is 152 Å². The van der Waals surface area contributed by atoms with Gasteiger partial charge < -0.3 is 15.1 Å². The maximum atomic E-state index is 14.2. The molecule has 0 spiro atoms. The molecule has 10 heteroatoms. The lowest BCUT2D eigenvalue weighted by atomic mass is 10.1. The molecule has 2 fully saturated rings. The van der Waals surface area contributed by atoms with Gasteiger partial charge in [0.1, 0.15) is 0 Å². The van der Waals surface area contributed by atoms with Gasteiger partial charge in [-0.15, -0.1) is 11.3 Å². The number of nitrogens with zero attached hydrogens (tertiary/aromatic N) is 7. The number of urea groups is 1. The Kier molecular flexibility index (Phi) is 12.5. The minimum absolute atomic E-state index is 0.101. The normalized spacial score (nSPS) is 15.1. The minimum atomic E-state index is -0.101. The number of anilines is 4. The molecule has 9 nitrogen and oxygen atoms in total. The van der Waals surface area contributed by atoms with Crippen LogP contribution in [0, 0.1) is 13.8 Å². The van der Waals surface area contributed by atoms with Gasteiger partial charge in [-0.05, 0) is 128 Å². The van der Waals surface area contributed by atoms with Crippen molar-refractivity contribution in [1.82, 2.24) is 19.8 Å². The quantitative estimate of drug-likeness (QED) is 0.124. The highest BCUT2D eigenvalue weighted by Gasteiger charge is 2.22. The standard InChI is InChI=1S/C51H56N8OS/c1-38-17-19-45-47(52-38)13-5-15-49(45)57-31-27-55(28-32-57)24-21-40-8-3-10-42(36-40)54-51(60)59(26-23-44-12-7-35-61-44)43-11-4-9-41(37-43)22-25-56-29-33-58(34-30-56)50-16-6-14-48-46(50)20-18-39(2)53-48/h3-20,35-37H,21-34H2,1-2H3,(H,54,60). The van der Waals surface area contributed by atoms with Crippen molar-refractivity contribution in [3.63, 3.8) is 0 Å². The van der Waals surface area contributed by atoms with Gasteiger partial charge in [0, 0.05) is 122 Å². The fourth-order valence-electron chi connectivity index (χ4n) is 8.93. The Morgan fingerprint density at radius 1 is 0.607 bits per heavy atom. The molecular formula is C51H56N8OS. The molecule has 4 aromatic carbocycles. The number of piperazine rings is 2.